The number of hydrogen-bond acceptors (Lipinski definition) is 5. The van der Waals surface area contributed by atoms with Crippen molar-refractivity contribution in [3.8, 4) is 5.75 Å². The normalized spacial score (nSPS) is 15.5. The van der Waals surface area contributed by atoms with E-state index in [9.17, 15) is 18.0 Å². The van der Waals surface area contributed by atoms with Crippen LogP contribution < -0.4 is 15.4 Å². The first-order chi connectivity index (χ1) is 15.8. The van der Waals surface area contributed by atoms with Crippen LogP contribution in [0.3, 0.4) is 0 Å². The highest BCUT2D eigenvalue weighted by Crippen LogP contribution is 2.31. The first-order valence-corrected chi connectivity index (χ1v) is 12.7. The number of carbonyl (C=O) groups is 2. The van der Waals surface area contributed by atoms with E-state index in [2.05, 4.69) is 10.6 Å². The van der Waals surface area contributed by atoms with E-state index in [1.165, 1.54) is 10.4 Å². The van der Waals surface area contributed by atoms with Gasteiger partial charge in [-0.25, -0.2) is 8.42 Å². The first-order valence-electron chi connectivity index (χ1n) is 11.2. The Morgan fingerprint density at radius 2 is 1.76 bits per heavy atom. The third kappa shape index (κ3) is 6.55. The molecule has 2 N–H and O–H groups in total. The molecule has 9 heteroatoms. The lowest BCUT2D eigenvalue weighted by molar-refractivity contribution is -0.116. The van der Waals surface area contributed by atoms with E-state index in [0.29, 0.717) is 30.9 Å². The van der Waals surface area contributed by atoms with Crippen molar-refractivity contribution in [2.75, 3.05) is 25.0 Å². The molecule has 1 unspecified atom stereocenters. The maximum atomic E-state index is 13.2. The maximum Gasteiger partial charge on any atom is 0.251 e. The lowest BCUT2D eigenvalue weighted by Crippen LogP contribution is -2.36. The number of hydrogen-bond donors (Lipinski definition) is 2. The lowest BCUT2D eigenvalue weighted by Gasteiger charge is -2.27. The minimum atomic E-state index is -3.74. The molecule has 8 nitrogen and oxygen atoms in total. The summed E-state index contributed by atoms with van der Waals surface area (Å²) in [5.74, 6) is -0.321. The highest BCUT2D eigenvalue weighted by atomic mass is 32.2. The summed E-state index contributed by atoms with van der Waals surface area (Å²) < 4.78 is 33.5. The van der Waals surface area contributed by atoms with Gasteiger partial charge in [-0.05, 0) is 57.0 Å². The van der Waals surface area contributed by atoms with Crippen molar-refractivity contribution in [1.29, 1.82) is 0 Å². The van der Waals surface area contributed by atoms with Crippen LogP contribution in [0.15, 0.2) is 53.4 Å². The summed E-state index contributed by atoms with van der Waals surface area (Å²) in [6.07, 6.45) is 2.71. The highest BCUT2D eigenvalue weighted by molar-refractivity contribution is 7.89. The van der Waals surface area contributed by atoms with E-state index in [-0.39, 0.29) is 28.9 Å². The molecule has 1 fully saturated rings. The number of ether oxygens (including phenoxy) is 1. The van der Waals surface area contributed by atoms with Crippen LogP contribution in [0, 0.1) is 0 Å². The van der Waals surface area contributed by atoms with E-state index < -0.39 is 16.1 Å². The molecule has 2 aromatic rings. The molecule has 0 aliphatic carbocycles. The van der Waals surface area contributed by atoms with Crippen molar-refractivity contribution < 1.29 is 22.7 Å². The number of amides is 2. The van der Waals surface area contributed by atoms with Crippen LogP contribution >= 0.6 is 0 Å². The molecule has 1 atom stereocenters. The molecule has 0 aromatic heterocycles. The fourth-order valence-corrected chi connectivity index (χ4v) is 5.42. The van der Waals surface area contributed by atoms with Crippen LogP contribution in [0.2, 0.25) is 0 Å². The fraction of sp³-hybridized carbons (Fsp3) is 0.417. The molecule has 1 aliphatic rings. The van der Waals surface area contributed by atoms with Crippen molar-refractivity contribution in [2.24, 2.45) is 0 Å². The van der Waals surface area contributed by atoms with E-state index in [1.807, 2.05) is 6.07 Å². The molecule has 1 saturated heterocycles. The quantitative estimate of drug-likeness (QED) is 0.581. The van der Waals surface area contributed by atoms with Gasteiger partial charge in [-0.3, -0.25) is 9.59 Å². The largest absolute Gasteiger partial charge is 0.492 e. The lowest BCUT2D eigenvalue weighted by atomic mass is 10.1. The average molecular weight is 474 g/mol. The van der Waals surface area contributed by atoms with Crippen LogP contribution in [0.25, 0.3) is 0 Å². The number of anilines is 1. The van der Waals surface area contributed by atoms with Crippen LogP contribution in [0.1, 0.15) is 49.9 Å². The van der Waals surface area contributed by atoms with Gasteiger partial charge >= 0.3 is 0 Å². The van der Waals surface area contributed by atoms with E-state index >= 15 is 0 Å². The molecule has 1 aliphatic heterocycles. The number of nitrogens with zero attached hydrogens (tertiary/aromatic N) is 1. The Balaban J connectivity index is 1.69. The van der Waals surface area contributed by atoms with Gasteiger partial charge in [0.05, 0.1) is 6.61 Å². The standard InChI is InChI=1S/C24H31N3O5S/c1-3-32-21-13-12-20(17-22(21)33(30,31)27-14-8-5-9-15-27)26-23(28)16-18(2)25-24(29)19-10-6-4-7-11-19/h4,6-7,10-13,17-18H,3,5,8-9,14-16H2,1-2H3,(H,25,29)(H,26,28). The summed E-state index contributed by atoms with van der Waals surface area (Å²) in [6.45, 7) is 4.81. The molecule has 178 valence electrons. The summed E-state index contributed by atoms with van der Waals surface area (Å²) in [7, 11) is -3.74. The molecule has 0 bridgehead atoms. The third-order valence-corrected chi connectivity index (χ3v) is 7.29. The predicted octanol–water partition coefficient (Wildman–Crippen LogP) is 3.41. The Bertz CT molecular complexity index is 1070. The van der Waals surface area contributed by atoms with Crippen molar-refractivity contribution in [1.82, 2.24) is 9.62 Å². The molecule has 0 spiro atoms. The Hall–Kier alpha value is -2.91. The van der Waals surface area contributed by atoms with Crippen molar-refractivity contribution >= 4 is 27.5 Å². The fourth-order valence-electron chi connectivity index (χ4n) is 3.74. The second-order valence-electron chi connectivity index (χ2n) is 8.05. The molecule has 2 amide bonds. The zero-order valence-electron chi connectivity index (χ0n) is 19.0. The molecule has 33 heavy (non-hydrogen) atoms. The van der Waals surface area contributed by atoms with Crippen LogP contribution in [0.4, 0.5) is 5.69 Å². The Labute approximate surface area is 195 Å². The van der Waals surface area contributed by atoms with Gasteiger partial charge in [-0.1, -0.05) is 24.6 Å². The van der Waals surface area contributed by atoms with Crippen LogP contribution in [-0.4, -0.2) is 50.3 Å². The summed E-state index contributed by atoms with van der Waals surface area (Å²) in [5.41, 5.74) is 0.879. The molecular weight excluding hydrogens is 442 g/mol. The second-order valence-corrected chi connectivity index (χ2v) is 9.96. The Kier molecular flexibility index (Phi) is 8.46. The van der Waals surface area contributed by atoms with Gasteiger partial charge in [-0.2, -0.15) is 4.31 Å². The molecular formula is C24H31N3O5S. The number of nitrogens with one attached hydrogen (secondary N) is 2. The zero-order chi connectivity index (χ0) is 23.8. The Morgan fingerprint density at radius 1 is 1.06 bits per heavy atom. The van der Waals surface area contributed by atoms with Crippen LogP contribution in [0.5, 0.6) is 5.75 Å². The summed E-state index contributed by atoms with van der Waals surface area (Å²) >= 11 is 0. The SMILES string of the molecule is CCOc1ccc(NC(=O)CC(C)NC(=O)c2ccccc2)cc1S(=O)(=O)N1CCCCC1. The van der Waals surface area contributed by atoms with Gasteiger partial charge in [0.2, 0.25) is 15.9 Å². The van der Waals surface area contributed by atoms with E-state index in [4.69, 9.17) is 4.74 Å². The van der Waals surface area contributed by atoms with Crippen LogP contribution in [-0.2, 0) is 14.8 Å². The molecule has 1 heterocycles. The number of carbonyl (C=O) groups excluding carboxylic acids is 2. The van der Waals surface area contributed by atoms with Gasteiger partial charge < -0.3 is 15.4 Å². The second kappa shape index (κ2) is 11.3. The van der Waals surface area contributed by atoms with Gasteiger partial charge in [-0.15, -0.1) is 0 Å². The van der Waals surface area contributed by atoms with Crippen molar-refractivity contribution in [3.05, 3.63) is 54.1 Å². The monoisotopic (exact) mass is 473 g/mol. The number of rotatable bonds is 9. The topological polar surface area (TPSA) is 105 Å². The summed E-state index contributed by atoms with van der Waals surface area (Å²) in [5, 5.41) is 5.54. The molecule has 2 aromatic carbocycles. The van der Waals surface area contributed by atoms with Gasteiger partial charge in [0.25, 0.3) is 5.91 Å². The highest BCUT2D eigenvalue weighted by Gasteiger charge is 2.29. The molecule has 0 saturated carbocycles. The third-order valence-electron chi connectivity index (χ3n) is 5.37. The minimum Gasteiger partial charge on any atom is -0.492 e. The average Bonchev–Trinajstić information content (AvgIpc) is 2.81. The smallest absolute Gasteiger partial charge is 0.251 e. The zero-order valence-corrected chi connectivity index (χ0v) is 19.9. The molecule has 0 radical (unpaired) electrons. The van der Waals surface area contributed by atoms with Gasteiger partial charge in [0.1, 0.15) is 10.6 Å². The number of piperidine rings is 1. The summed E-state index contributed by atoms with van der Waals surface area (Å²) in [4.78, 5) is 24.9. The summed E-state index contributed by atoms with van der Waals surface area (Å²) in [6, 6.07) is 13.0. The molecule has 3 rings (SSSR count). The van der Waals surface area contributed by atoms with Crippen molar-refractivity contribution in [3.63, 3.8) is 0 Å². The van der Waals surface area contributed by atoms with Gasteiger partial charge in [0.15, 0.2) is 0 Å². The van der Waals surface area contributed by atoms with Gasteiger partial charge in [0, 0.05) is 36.8 Å². The predicted molar refractivity (Wildman–Crippen MR) is 127 cm³/mol. The first kappa shape index (κ1) is 24.7. The number of benzene rings is 2. The van der Waals surface area contributed by atoms with Crippen molar-refractivity contribution in [2.45, 2.75) is 50.5 Å². The van der Waals surface area contributed by atoms with E-state index in [1.54, 1.807) is 50.2 Å². The van der Waals surface area contributed by atoms with E-state index in [0.717, 1.165) is 19.3 Å². The maximum absolute atomic E-state index is 13.2. The minimum absolute atomic E-state index is 0.0417. The number of sulfonamides is 1. The Morgan fingerprint density at radius 3 is 2.42 bits per heavy atom.